The zero-order valence-corrected chi connectivity index (χ0v) is 10.1. The molecular formula is C12H20F3NO. The fourth-order valence-corrected chi connectivity index (χ4v) is 3.19. The number of rotatable bonds is 1. The first-order chi connectivity index (χ1) is 7.95. The van der Waals surface area contributed by atoms with E-state index in [0.29, 0.717) is 19.1 Å². The summed E-state index contributed by atoms with van der Waals surface area (Å²) in [5, 5.41) is 3.17. The third-order valence-electron chi connectivity index (χ3n) is 4.17. The molecule has 3 unspecified atom stereocenters. The first-order valence-corrected chi connectivity index (χ1v) is 6.33. The molecule has 100 valence electrons. The monoisotopic (exact) mass is 251 g/mol. The normalized spacial score (nSPS) is 39.5. The summed E-state index contributed by atoms with van der Waals surface area (Å²) in [7, 11) is 1.87. The molecule has 0 radical (unpaired) electrons. The number of alkyl halides is 3. The van der Waals surface area contributed by atoms with Crippen LogP contribution in [0.2, 0.25) is 0 Å². The highest BCUT2D eigenvalue weighted by Gasteiger charge is 2.49. The Balaban J connectivity index is 2.04. The van der Waals surface area contributed by atoms with E-state index in [1.807, 2.05) is 7.05 Å². The second-order valence-electron chi connectivity index (χ2n) is 5.34. The van der Waals surface area contributed by atoms with Gasteiger partial charge < -0.3 is 10.1 Å². The van der Waals surface area contributed by atoms with Crippen molar-refractivity contribution in [1.29, 1.82) is 0 Å². The van der Waals surface area contributed by atoms with Gasteiger partial charge in [-0.3, -0.25) is 0 Å². The Morgan fingerprint density at radius 2 is 2.00 bits per heavy atom. The largest absolute Gasteiger partial charge is 0.391 e. The van der Waals surface area contributed by atoms with Crippen LogP contribution in [0.4, 0.5) is 13.2 Å². The van der Waals surface area contributed by atoms with Crippen LogP contribution in [0.15, 0.2) is 0 Å². The first-order valence-electron chi connectivity index (χ1n) is 6.33. The Morgan fingerprint density at radius 1 is 1.24 bits per heavy atom. The molecule has 1 aliphatic carbocycles. The van der Waals surface area contributed by atoms with Gasteiger partial charge in [0.1, 0.15) is 0 Å². The van der Waals surface area contributed by atoms with E-state index in [1.54, 1.807) is 0 Å². The van der Waals surface area contributed by atoms with Crippen LogP contribution in [0.25, 0.3) is 0 Å². The van der Waals surface area contributed by atoms with Crippen molar-refractivity contribution in [3.05, 3.63) is 0 Å². The standard InChI is InChI=1S/C12H20F3NO/c1-16-10-4-6-17-11(8-10)5-2-3-9(7-11)12(13,14)15/h9-10,16H,2-8H2,1H3. The van der Waals surface area contributed by atoms with Gasteiger partial charge in [-0.2, -0.15) is 13.2 Å². The van der Waals surface area contributed by atoms with E-state index < -0.39 is 17.7 Å². The van der Waals surface area contributed by atoms with Crippen molar-refractivity contribution >= 4 is 0 Å². The van der Waals surface area contributed by atoms with Crippen LogP contribution >= 0.6 is 0 Å². The van der Waals surface area contributed by atoms with Crippen LogP contribution < -0.4 is 5.32 Å². The van der Waals surface area contributed by atoms with Gasteiger partial charge in [0.05, 0.1) is 11.5 Å². The molecule has 2 aliphatic rings. The summed E-state index contributed by atoms with van der Waals surface area (Å²) in [6.45, 7) is 0.579. The average Bonchev–Trinajstić information content (AvgIpc) is 2.28. The Kier molecular flexibility index (Phi) is 3.69. The van der Waals surface area contributed by atoms with E-state index in [4.69, 9.17) is 4.74 Å². The predicted molar refractivity (Wildman–Crippen MR) is 58.8 cm³/mol. The molecule has 5 heteroatoms. The highest BCUT2D eigenvalue weighted by Crippen LogP contribution is 2.46. The molecule has 2 nitrogen and oxygen atoms in total. The summed E-state index contributed by atoms with van der Waals surface area (Å²) in [4.78, 5) is 0. The number of nitrogens with one attached hydrogen (secondary N) is 1. The van der Waals surface area contributed by atoms with Gasteiger partial charge in [-0.1, -0.05) is 0 Å². The van der Waals surface area contributed by atoms with Gasteiger partial charge in [0.2, 0.25) is 0 Å². The van der Waals surface area contributed by atoms with Crippen molar-refractivity contribution in [2.24, 2.45) is 5.92 Å². The van der Waals surface area contributed by atoms with Crippen LogP contribution in [0.3, 0.4) is 0 Å². The summed E-state index contributed by atoms with van der Waals surface area (Å²) in [6, 6.07) is 0.302. The first kappa shape index (κ1) is 13.1. The van der Waals surface area contributed by atoms with Crippen LogP contribution in [-0.2, 0) is 4.74 Å². The molecule has 1 aliphatic heterocycles. The highest BCUT2D eigenvalue weighted by atomic mass is 19.4. The molecule has 17 heavy (non-hydrogen) atoms. The van der Waals surface area contributed by atoms with Crippen molar-refractivity contribution in [1.82, 2.24) is 5.32 Å². The van der Waals surface area contributed by atoms with Crippen molar-refractivity contribution in [2.75, 3.05) is 13.7 Å². The lowest BCUT2D eigenvalue weighted by molar-refractivity contribution is -0.214. The predicted octanol–water partition coefficient (Wildman–Crippen LogP) is 2.88. The zero-order chi connectivity index (χ0) is 12.5. The molecule has 1 N–H and O–H groups in total. The summed E-state index contributed by atoms with van der Waals surface area (Å²) < 4.78 is 44.1. The lowest BCUT2D eigenvalue weighted by atomic mass is 9.73. The SMILES string of the molecule is CNC1CCOC2(CCCC(C(F)(F)F)C2)C1. The van der Waals surface area contributed by atoms with Crippen LogP contribution in [0, 0.1) is 5.92 Å². The number of ether oxygens (including phenoxy) is 1. The average molecular weight is 251 g/mol. The van der Waals surface area contributed by atoms with Gasteiger partial charge in [0, 0.05) is 12.6 Å². The summed E-state index contributed by atoms with van der Waals surface area (Å²) >= 11 is 0. The molecule has 2 fully saturated rings. The number of hydrogen-bond donors (Lipinski definition) is 1. The second kappa shape index (κ2) is 4.76. The Bertz CT molecular complexity index is 265. The fourth-order valence-electron chi connectivity index (χ4n) is 3.19. The van der Waals surface area contributed by atoms with Crippen LogP contribution in [0.5, 0.6) is 0 Å². The molecule has 1 saturated heterocycles. The van der Waals surface area contributed by atoms with E-state index in [0.717, 1.165) is 19.3 Å². The van der Waals surface area contributed by atoms with E-state index >= 15 is 0 Å². The zero-order valence-electron chi connectivity index (χ0n) is 10.1. The molecule has 0 bridgehead atoms. The molecule has 2 rings (SSSR count). The van der Waals surface area contributed by atoms with Gasteiger partial charge in [0.25, 0.3) is 0 Å². The van der Waals surface area contributed by atoms with Gasteiger partial charge in [0.15, 0.2) is 0 Å². The molecule has 1 heterocycles. The Hall–Kier alpha value is -0.290. The molecular weight excluding hydrogens is 231 g/mol. The van der Waals surface area contributed by atoms with E-state index in [1.165, 1.54) is 0 Å². The lowest BCUT2D eigenvalue weighted by Gasteiger charge is -2.46. The fraction of sp³-hybridized carbons (Fsp3) is 1.00. The molecule has 0 aromatic heterocycles. The quantitative estimate of drug-likeness (QED) is 0.773. The molecule has 0 amide bonds. The van der Waals surface area contributed by atoms with Gasteiger partial charge in [-0.05, 0) is 45.6 Å². The second-order valence-corrected chi connectivity index (χ2v) is 5.34. The minimum Gasteiger partial charge on any atom is -0.375 e. The minimum atomic E-state index is -4.07. The van der Waals surface area contributed by atoms with Crippen LogP contribution in [0.1, 0.15) is 38.5 Å². The van der Waals surface area contributed by atoms with Crippen molar-refractivity contribution in [3.63, 3.8) is 0 Å². The van der Waals surface area contributed by atoms with Gasteiger partial charge >= 0.3 is 6.18 Å². The maximum Gasteiger partial charge on any atom is 0.391 e. The molecule has 3 atom stereocenters. The smallest absolute Gasteiger partial charge is 0.375 e. The van der Waals surface area contributed by atoms with E-state index in [-0.39, 0.29) is 12.8 Å². The van der Waals surface area contributed by atoms with Crippen molar-refractivity contribution < 1.29 is 17.9 Å². The molecule has 0 aromatic rings. The number of hydrogen-bond acceptors (Lipinski definition) is 2. The lowest BCUT2D eigenvalue weighted by Crippen LogP contribution is -2.50. The molecule has 0 aromatic carbocycles. The third-order valence-corrected chi connectivity index (χ3v) is 4.17. The summed E-state index contributed by atoms with van der Waals surface area (Å²) in [5.41, 5.74) is -0.523. The maximum atomic E-state index is 12.8. The number of halogens is 3. The van der Waals surface area contributed by atoms with Gasteiger partial charge in [-0.25, -0.2) is 0 Å². The van der Waals surface area contributed by atoms with E-state index in [9.17, 15) is 13.2 Å². The van der Waals surface area contributed by atoms with E-state index in [2.05, 4.69) is 5.32 Å². The maximum absolute atomic E-state index is 12.8. The minimum absolute atomic E-state index is 0.147. The topological polar surface area (TPSA) is 21.3 Å². The van der Waals surface area contributed by atoms with Crippen LogP contribution in [-0.4, -0.2) is 31.5 Å². The summed E-state index contributed by atoms with van der Waals surface area (Å²) in [6.07, 6.45) is -0.639. The van der Waals surface area contributed by atoms with Gasteiger partial charge in [-0.15, -0.1) is 0 Å². The van der Waals surface area contributed by atoms with Crippen molar-refractivity contribution in [3.8, 4) is 0 Å². The highest BCUT2D eigenvalue weighted by molar-refractivity contribution is 4.95. The Labute approximate surface area is 99.9 Å². The molecule has 1 spiro atoms. The molecule has 1 saturated carbocycles. The third kappa shape index (κ3) is 2.94. The Morgan fingerprint density at radius 3 is 2.65 bits per heavy atom. The van der Waals surface area contributed by atoms with Crippen molar-refractivity contribution in [2.45, 2.75) is 56.3 Å². The summed E-state index contributed by atoms with van der Waals surface area (Å²) in [5.74, 6) is -1.17.